The zero-order chi connectivity index (χ0) is 14.1. The van der Waals surface area contributed by atoms with Crippen LogP contribution in [0.25, 0.3) is 0 Å². The van der Waals surface area contributed by atoms with Crippen LogP contribution in [0.1, 0.15) is 39.9 Å². The Morgan fingerprint density at radius 2 is 2.05 bits per heavy atom. The first-order valence-electron chi connectivity index (χ1n) is 6.80. The zero-order valence-corrected chi connectivity index (χ0v) is 13.4. The van der Waals surface area contributed by atoms with Crippen LogP contribution in [0.15, 0.2) is 18.2 Å². The van der Waals surface area contributed by atoms with Crippen molar-refractivity contribution < 1.29 is 0 Å². The number of aromatic nitrogens is 1. The lowest BCUT2D eigenvalue weighted by atomic mass is 9.91. The van der Waals surface area contributed by atoms with Crippen LogP contribution in [-0.4, -0.2) is 11.5 Å². The fourth-order valence-corrected chi connectivity index (χ4v) is 4.45. The summed E-state index contributed by atoms with van der Waals surface area (Å²) in [4.78, 5) is 6.20. The molecule has 1 atom stereocenters. The van der Waals surface area contributed by atoms with Gasteiger partial charge in [0.25, 0.3) is 0 Å². The Morgan fingerprint density at radius 1 is 1.30 bits per heavy atom. The molecule has 2 N–H and O–H groups in total. The van der Waals surface area contributed by atoms with Gasteiger partial charge in [-0.25, -0.2) is 4.98 Å². The van der Waals surface area contributed by atoms with E-state index in [0.29, 0.717) is 28.9 Å². The van der Waals surface area contributed by atoms with Crippen molar-refractivity contribution in [1.29, 1.82) is 0 Å². The lowest BCUT2D eigenvalue weighted by Crippen LogP contribution is -2.17. The van der Waals surface area contributed by atoms with Gasteiger partial charge in [0.15, 0.2) is 0 Å². The fourth-order valence-electron chi connectivity index (χ4n) is 2.72. The van der Waals surface area contributed by atoms with E-state index in [2.05, 4.69) is 0 Å². The normalized spacial score (nSPS) is 18.1. The van der Waals surface area contributed by atoms with Crippen LogP contribution in [-0.2, 0) is 12.8 Å². The first-order chi connectivity index (χ1) is 9.69. The first kappa shape index (κ1) is 14.3. The van der Waals surface area contributed by atoms with Gasteiger partial charge in [-0.05, 0) is 37.0 Å². The molecule has 1 aliphatic rings. The molecule has 1 aromatic carbocycles. The van der Waals surface area contributed by atoms with Gasteiger partial charge in [-0.3, -0.25) is 0 Å². The second-order valence-corrected chi connectivity index (χ2v) is 7.10. The van der Waals surface area contributed by atoms with E-state index in [1.54, 1.807) is 11.3 Å². The van der Waals surface area contributed by atoms with Gasteiger partial charge in [-0.2, -0.15) is 0 Å². The Bertz CT molecular complexity index is 604. The van der Waals surface area contributed by atoms with Crippen molar-refractivity contribution in [3.05, 3.63) is 49.4 Å². The maximum absolute atomic E-state index is 6.23. The van der Waals surface area contributed by atoms with Crippen molar-refractivity contribution in [2.75, 3.05) is 6.54 Å². The van der Waals surface area contributed by atoms with E-state index in [9.17, 15) is 0 Å². The summed E-state index contributed by atoms with van der Waals surface area (Å²) in [5.41, 5.74) is 8.02. The van der Waals surface area contributed by atoms with E-state index in [1.807, 2.05) is 18.2 Å². The van der Waals surface area contributed by atoms with E-state index in [1.165, 1.54) is 17.0 Å². The lowest BCUT2D eigenvalue weighted by molar-refractivity contribution is 0.553. The molecule has 1 unspecified atom stereocenters. The minimum absolute atomic E-state index is 0.422. The van der Waals surface area contributed by atoms with Gasteiger partial charge >= 0.3 is 0 Å². The average Bonchev–Trinajstić information content (AvgIpc) is 2.85. The van der Waals surface area contributed by atoms with E-state index < -0.39 is 0 Å². The van der Waals surface area contributed by atoms with Crippen molar-refractivity contribution in [2.24, 2.45) is 5.73 Å². The van der Waals surface area contributed by atoms with Gasteiger partial charge in [0.1, 0.15) is 0 Å². The number of hydrogen-bond acceptors (Lipinski definition) is 3. The molecule has 0 spiro atoms. The number of hydrogen-bond donors (Lipinski definition) is 1. The van der Waals surface area contributed by atoms with Gasteiger partial charge in [-0.15, -0.1) is 11.3 Å². The van der Waals surface area contributed by atoms with Crippen molar-refractivity contribution in [1.82, 2.24) is 4.98 Å². The standard InChI is InChI=1S/C15H16Cl2N2S/c16-11-4-2-5-12(17)10(11)7-14-19-15-9(8-18)3-1-6-13(15)20-14/h2,4-5,9H,1,3,6-8,18H2. The minimum atomic E-state index is 0.422. The van der Waals surface area contributed by atoms with Crippen LogP contribution in [0.3, 0.4) is 0 Å². The van der Waals surface area contributed by atoms with Gasteiger partial charge in [0.05, 0.1) is 10.7 Å². The molecule has 5 heteroatoms. The summed E-state index contributed by atoms with van der Waals surface area (Å²) in [6.07, 6.45) is 4.19. The monoisotopic (exact) mass is 326 g/mol. The van der Waals surface area contributed by atoms with E-state index in [-0.39, 0.29) is 0 Å². The number of benzene rings is 1. The number of rotatable bonds is 3. The Morgan fingerprint density at radius 3 is 2.75 bits per heavy atom. The average molecular weight is 327 g/mol. The van der Waals surface area contributed by atoms with E-state index in [0.717, 1.165) is 23.4 Å². The van der Waals surface area contributed by atoms with Gasteiger partial charge in [-0.1, -0.05) is 29.3 Å². The Kier molecular flexibility index (Phi) is 4.32. The number of nitrogens with zero attached hydrogens (tertiary/aromatic N) is 1. The molecule has 0 saturated heterocycles. The second-order valence-electron chi connectivity index (χ2n) is 5.12. The molecule has 20 heavy (non-hydrogen) atoms. The molecular weight excluding hydrogens is 311 g/mol. The molecule has 0 radical (unpaired) electrons. The maximum Gasteiger partial charge on any atom is 0.0976 e. The Labute approximate surface area is 132 Å². The molecule has 1 heterocycles. The highest BCUT2D eigenvalue weighted by atomic mass is 35.5. The smallest absolute Gasteiger partial charge is 0.0976 e. The predicted molar refractivity (Wildman–Crippen MR) is 86.1 cm³/mol. The molecule has 2 aromatic rings. The minimum Gasteiger partial charge on any atom is -0.330 e. The SMILES string of the molecule is NCC1CCCc2sc(Cc3c(Cl)cccc3Cl)nc21. The topological polar surface area (TPSA) is 38.9 Å². The van der Waals surface area contributed by atoms with Gasteiger partial charge in [0.2, 0.25) is 0 Å². The lowest BCUT2D eigenvalue weighted by Gasteiger charge is -2.18. The highest BCUT2D eigenvalue weighted by molar-refractivity contribution is 7.11. The Hall–Kier alpha value is -0.610. The molecular formula is C15H16Cl2N2S. The first-order valence-corrected chi connectivity index (χ1v) is 8.37. The molecule has 106 valence electrons. The molecule has 0 amide bonds. The van der Waals surface area contributed by atoms with Crippen LogP contribution in [0.4, 0.5) is 0 Å². The third-order valence-electron chi connectivity index (χ3n) is 3.79. The highest BCUT2D eigenvalue weighted by Crippen LogP contribution is 2.36. The van der Waals surface area contributed by atoms with Crippen LogP contribution in [0, 0.1) is 0 Å². The molecule has 0 saturated carbocycles. The quantitative estimate of drug-likeness (QED) is 0.906. The highest BCUT2D eigenvalue weighted by Gasteiger charge is 2.24. The van der Waals surface area contributed by atoms with E-state index >= 15 is 0 Å². The maximum atomic E-state index is 6.23. The predicted octanol–water partition coefficient (Wildman–Crippen LogP) is 4.42. The van der Waals surface area contributed by atoms with Crippen molar-refractivity contribution in [3.63, 3.8) is 0 Å². The van der Waals surface area contributed by atoms with Crippen LogP contribution < -0.4 is 5.73 Å². The molecule has 0 aliphatic heterocycles. The van der Waals surface area contributed by atoms with Crippen LogP contribution in [0.2, 0.25) is 10.0 Å². The molecule has 3 rings (SSSR count). The van der Waals surface area contributed by atoms with Crippen molar-refractivity contribution in [2.45, 2.75) is 31.6 Å². The van der Waals surface area contributed by atoms with E-state index in [4.69, 9.17) is 33.9 Å². The fraction of sp³-hybridized carbons (Fsp3) is 0.400. The van der Waals surface area contributed by atoms with Crippen LogP contribution in [0.5, 0.6) is 0 Å². The number of halogens is 2. The summed E-state index contributed by atoms with van der Waals surface area (Å²) >= 11 is 14.3. The summed E-state index contributed by atoms with van der Waals surface area (Å²) in [5, 5.41) is 2.51. The van der Waals surface area contributed by atoms with Gasteiger partial charge in [0, 0.05) is 33.8 Å². The Balaban J connectivity index is 1.91. The van der Waals surface area contributed by atoms with Crippen molar-refractivity contribution >= 4 is 34.5 Å². The second kappa shape index (κ2) is 6.02. The summed E-state index contributed by atoms with van der Waals surface area (Å²) in [7, 11) is 0. The largest absolute Gasteiger partial charge is 0.330 e. The zero-order valence-electron chi connectivity index (χ0n) is 11.0. The third-order valence-corrected chi connectivity index (χ3v) is 5.63. The number of nitrogens with two attached hydrogens (primary N) is 1. The molecule has 1 aliphatic carbocycles. The number of fused-ring (bicyclic) bond motifs is 1. The number of thiazole rings is 1. The number of aryl methyl sites for hydroxylation is 1. The molecule has 0 fully saturated rings. The summed E-state index contributed by atoms with van der Waals surface area (Å²) in [6.45, 7) is 0.684. The van der Waals surface area contributed by atoms with Crippen molar-refractivity contribution in [3.8, 4) is 0 Å². The summed E-state index contributed by atoms with van der Waals surface area (Å²) < 4.78 is 0. The molecule has 0 bridgehead atoms. The van der Waals surface area contributed by atoms with Crippen LogP contribution >= 0.6 is 34.5 Å². The third kappa shape index (κ3) is 2.73. The molecule has 1 aromatic heterocycles. The summed E-state index contributed by atoms with van der Waals surface area (Å²) in [6, 6.07) is 5.61. The molecule has 2 nitrogen and oxygen atoms in total. The summed E-state index contributed by atoms with van der Waals surface area (Å²) in [5.74, 6) is 0.422. The van der Waals surface area contributed by atoms with Gasteiger partial charge < -0.3 is 5.73 Å².